The fourth-order valence-electron chi connectivity index (χ4n) is 2.91. The average Bonchev–Trinajstić information content (AvgIpc) is 2.62. The van der Waals surface area contributed by atoms with Crippen LogP contribution < -0.4 is 0 Å². The molecule has 0 aliphatic heterocycles. The molecule has 0 rings (SSSR count). The first kappa shape index (κ1) is 24.4. The zero-order valence-electron chi connectivity index (χ0n) is 17.1. The number of carbonyl (C=O) groups is 2. The number of hydrogen-bond acceptors (Lipinski definition) is 4. The molecule has 0 saturated carbocycles. The fourth-order valence-corrected chi connectivity index (χ4v) is 2.91. The van der Waals surface area contributed by atoms with Gasteiger partial charge in [-0.15, -0.1) is 6.58 Å². The van der Waals surface area contributed by atoms with Gasteiger partial charge in [-0.2, -0.15) is 0 Å². The summed E-state index contributed by atoms with van der Waals surface area (Å²) in [4.78, 5) is 24.9. The molecule has 150 valence electrons. The van der Waals surface area contributed by atoms with Crippen molar-refractivity contribution in [1.82, 2.24) is 0 Å². The second-order valence-corrected chi connectivity index (χ2v) is 6.60. The van der Waals surface area contributed by atoms with Crippen molar-refractivity contribution >= 4 is 11.9 Å². The molecule has 0 aliphatic rings. The molecule has 0 amide bonds. The predicted molar refractivity (Wildman–Crippen MR) is 107 cm³/mol. The maximum atomic E-state index is 12.5. The number of rotatable bonds is 16. The van der Waals surface area contributed by atoms with Gasteiger partial charge in [0.15, 0.2) is 5.41 Å². The van der Waals surface area contributed by atoms with Crippen molar-refractivity contribution < 1.29 is 19.1 Å². The molecule has 0 saturated heterocycles. The number of hydrogen-bond donors (Lipinski definition) is 0. The molecule has 0 heterocycles. The van der Waals surface area contributed by atoms with Crippen LogP contribution in [-0.4, -0.2) is 25.2 Å². The number of allylic oxidation sites excluding steroid dienone is 3. The highest BCUT2D eigenvalue weighted by molar-refractivity contribution is 6.00. The monoisotopic (exact) mass is 366 g/mol. The second-order valence-electron chi connectivity index (χ2n) is 6.60. The van der Waals surface area contributed by atoms with Crippen molar-refractivity contribution in [1.29, 1.82) is 0 Å². The minimum Gasteiger partial charge on any atom is -0.465 e. The topological polar surface area (TPSA) is 52.6 Å². The number of esters is 2. The van der Waals surface area contributed by atoms with Crippen molar-refractivity contribution in [2.24, 2.45) is 5.41 Å². The van der Waals surface area contributed by atoms with E-state index in [1.807, 2.05) is 6.08 Å². The molecule has 0 aromatic carbocycles. The van der Waals surface area contributed by atoms with Crippen molar-refractivity contribution in [3.05, 3.63) is 24.8 Å². The highest BCUT2D eigenvalue weighted by Gasteiger charge is 2.46. The first-order valence-corrected chi connectivity index (χ1v) is 10.2. The van der Waals surface area contributed by atoms with E-state index in [2.05, 4.69) is 19.6 Å². The largest absolute Gasteiger partial charge is 0.465 e. The predicted octanol–water partition coefficient (Wildman–Crippen LogP) is 5.76. The van der Waals surface area contributed by atoms with E-state index in [1.54, 1.807) is 19.9 Å². The standard InChI is InChI=1S/C22H38O4/c1-5-9-10-11-12-13-14-15-16-17-19-22(18-6-2,20(23)25-7-3)21(24)26-8-4/h6,16-17H,2,5,7-15,18-19H2,1,3-4H3/b17-16+. The van der Waals surface area contributed by atoms with E-state index in [0.717, 1.165) is 12.8 Å². The molecule has 0 unspecified atom stereocenters. The van der Waals surface area contributed by atoms with Crippen LogP contribution in [0.5, 0.6) is 0 Å². The third kappa shape index (κ3) is 9.21. The molecular formula is C22H38O4. The number of ether oxygens (including phenoxy) is 2. The number of unbranched alkanes of at least 4 members (excludes halogenated alkanes) is 7. The van der Waals surface area contributed by atoms with E-state index in [9.17, 15) is 9.59 Å². The molecular weight excluding hydrogens is 328 g/mol. The van der Waals surface area contributed by atoms with Crippen LogP contribution in [0.4, 0.5) is 0 Å². The van der Waals surface area contributed by atoms with Crippen molar-refractivity contribution in [2.45, 2.75) is 85.0 Å². The smallest absolute Gasteiger partial charge is 0.324 e. The quantitative estimate of drug-likeness (QED) is 0.151. The van der Waals surface area contributed by atoms with Gasteiger partial charge >= 0.3 is 11.9 Å². The van der Waals surface area contributed by atoms with Crippen LogP contribution >= 0.6 is 0 Å². The van der Waals surface area contributed by atoms with Gasteiger partial charge in [0.2, 0.25) is 0 Å². The summed E-state index contributed by atoms with van der Waals surface area (Å²) in [6.07, 6.45) is 15.9. The molecule has 0 spiro atoms. The minimum absolute atomic E-state index is 0.215. The Morgan fingerprint density at radius 2 is 1.35 bits per heavy atom. The minimum atomic E-state index is -1.32. The molecule has 4 nitrogen and oxygen atoms in total. The van der Waals surface area contributed by atoms with Crippen LogP contribution in [0.1, 0.15) is 85.0 Å². The summed E-state index contributed by atoms with van der Waals surface area (Å²) in [5, 5.41) is 0. The Labute approximate surface area is 160 Å². The Morgan fingerprint density at radius 1 is 0.808 bits per heavy atom. The zero-order valence-corrected chi connectivity index (χ0v) is 17.1. The third-order valence-corrected chi connectivity index (χ3v) is 4.43. The Balaban J connectivity index is 4.59. The Bertz CT molecular complexity index is 408. The first-order valence-electron chi connectivity index (χ1n) is 10.2. The van der Waals surface area contributed by atoms with E-state index in [0.29, 0.717) is 0 Å². The molecule has 4 heteroatoms. The maximum absolute atomic E-state index is 12.5. The highest BCUT2D eigenvalue weighted by Crippen LogP contribution is 2.32. The van der Waals surface area contributed by atoms with Crippen LogP contribution in [0.15, 0.2) is 24.8 Å². The van der Waals surface area contributed by atoms with E-state index in [4.69, 9.17) is 9.47 Å². The van der Waals surface area contributed by atoms with Crippen LogP contribution in [0.25, 0.3) is 0 Å². The van der Waals surface area contributed by atoms with Gasteiger partial charge in [0.1, 0.15) is 0 Å². The summed E-state index contributed by atoms with van der Waals surface area (Å²) in [7, 11) is 0. The lowest BCUT2D eigenvalue weighted by molar-refractivity contribution is -0.171. The Morgan fingerprint density at radius 3 is 1.85 bits per heavy atom. The first-order chi connectivity index (χ1) is 12.6. The Kier molecular flexibility index (Phi) is 14.7. The molecule has 0 aromatic heterocycles. The molecule has 0 aromatic rings. The molecule has 0 bridgehead atoms. The molecule has 0 fully saturated rings. The summed E-state index contributed by atoms with van der Waals surface area (Å²) in [5.74, 6) is -1.06. The van der Waals surface area contributed by atoms with E-state index >= 15 is 0 Å². The maximum Gasteiger partial charge on any atom is 0.324 e. The molecule has 26 heavy (non-hydrogen) atoms. The highest BCUT2D eigenvalue weighted by atomic mass is 16.6. The van der Waals surface area contributed by atoms with Gasteiger partial charge in [-0.1, -0.05) is 63.7 Å². The van der Waals surface area contributed by atoms with Gasteiger partial charge in [0.05, 0.1) is 13.2 Å². The van der Waals surface area contributed by atoms with Crippen molar-refractivity contribution in [3.63, 3.8) is 0 Å². The molecule has 0 atom stereocenters. The van der Waals surface area contributed by atoms with Crippen LogP contribution in [0, 0.1) is 5.41 Å². The van der Waals surface area contributed by atoms with Crippen molar-refractivity contribution in [3.8, 4) is 0 Å². The summed E-state index contributed by atoms with van der Waals surface area (Å²) in [5.41, 5.74) is -1.32. The van der Waals surface area contributed by atoms with Gasteiger partial charge in [0.25, 0.3) is 0 Å². The van der Waals surface area contributed by atoms with Gasteiger partial charge in [-0.3, -0.25) is 9.59 Å². The van der Waals surface area contributed by atoms with E-state index in [-0.39, 0.29) is 26.1 Å². The average molecular weight is 367 g/mol. The fraction of sp³-hybridized carbons (Fsp3) is 0.727. The van der Waals surface area contributed by atoms with Crippen LogP contribution in [0.3, 0.4) is 0 Å². The van der Waals surface area contributed by atoms with Gasteiger partial charge in [0, 0.05) is 0 Å². The number of carbonyl (C=O) groups excluding carboxylic acids is 2. The molecule has 0 N–H and O–H groups in total. The Hall–Kier alpha value is -1.58. The summed E-state index contributed by atoms with van der Waals surface area (Å²) >= 11 is 0. The SMILES string of the molecule is C=CCC(C/C=C/CCCCCCCCC)(C(=O)OCC)C(=O)OCC. The normalized spacial score (nSPS) is 11.5. The van der Waals surface area contributed by atoms with E-state index in [1.165, 1.54) is 38.5 Å². The zero-order chi connectivity index (χ0) is 19.7. The molecule has 0 aliphatic carbocycles. The lowest BCUT2D eigenvalue weighted by atomic mass is 9.80. The van der Waals surface area contributed by atoms with Gasteiger partial charge in [-0.05, 0) is 39.5 Å². The van der Waals surface area contributed by atoms with Crippen LogP contribution in [0.2, 0.25) is 0 Å². The lowest BCUT2D eigenvalue weighted by Gasteiger charge is -2.26. The van der Waals surface area contributed by atoms with Crippen LogP contribution in [-0.2, 0) is 19.1 Å². The van der Waals surface area contributed by atoms with Crippen molar-refractivity contribution in [2.75, 3.05) is 13.2 Å². The second kappa shape index (κ2) is 15.7. The summed E-state index contributed by atoms with van der Waals surface area (Å²) in [6, 6.07) is 0. The summed E-state index contributed by atoms with van der Waals surface area (Å²) in [6.45, 7) is 9.85. The molecule has 0 radical (unpaired) electrons. The third-order valence-electron chi connectivity index (χ3n) is 4.43. The van der Waals surface area contributed by atoms with E-state index < -0.39 is 17.4 Å². The van der Waals surface area contributed by atoms with Gasteiger partial charge < -0.3 is 9.47 Å². The van der Waals surface area contributed by atoms with Gasteiger partial charge in [-0.25, -0.2) is 0 Å². The summed E-state index contributed by atoms with van der Waals surface area (Å²) < 4.78 is 10.3. The lowest BCUT2D eigenvalue weighted by Crippen LogP contribution is -2.41.